The Bertz CT molecular complexity index is 591. The molecule has 1 aromatic carbocycles. The lowest BCUT2D eigenvalue weighted by molar-refractivity contribution is 0.275. The number of aryl methyl sites for hydroxylation is 1. The fourth-order valence-electron chi connectivity index (χ4n) is 1.86. The Morgan fingerprint density at radius 2 is 2.33 bits per heavy atom. The molecule has 1 N–H and O–H groups in total. The first kappa shape index (κ1) is 11.2. The zero-order valence-electron chi connectivity index (χ0n) is 9.83. The minimum absolute atomic E-state index is 0.434. The lowest BCUT2D eigenvalue weighted by Crippen LogP contribution is -2.27. The molecule has 0 radical (unpaired) electrons. The van der Waals surface area contributed by atoms with Crippen LogP contribution >= 0.6 is 0 Å². The highest BCUT2D eigenvalue weighted by Crippen LogP contribution is 2.23. The first-order chi connectivity index (χ1) is 8.74. The fraction of sp³-hybridized carbons (Fsp3) is 0.167. The Morgan fingerprint density at radius 1 is 1.44 bits per heavy atom. The van der Waals surface area contributed by atoms with Crippen molar-refractivity contribution >= 4 is 12.6 Å². The van der Waals surface area contributed by atoms with E-state index in [0.717, 1.165) is 16.6 Å². The van der Waals surface area contributed by atoms with E-state index in [1.165, 1.54) is 6.33 Å². The summed E-state index contributed by atoms with van der Waals surface area (Å²) in [5, 5.41) is 9.62. The van der Waals surface area contributed by atoms with Gasteiger partial charge in [0.1, 0.15) is 12.1 Å². The number of fused-ring (bicyclic) bond motifs is 1. The summed E-state index contributed by atoms with van der Waals surface area (Å²) in [5.74, 6) is 1.14. The Morgan fingerprint density at radius 3 is 3.17 bits per heavy atom. The molecule has 0 saturated carbocycles. The molecule has 0 unspecified atom stereocenters. The normalized spacial score (nSPS) is 13.6. The molecule has 0 bridgehead atoms. The van der Waals surface area contributed by atoms with Crippen LogP contribution in [0.1, 0.15) is 11.1 Å². The van der Waals surface area contributed by atoms with Crippen LogP contribution in [-0.2, 0) is 11.3 Å². The molecule has 0 amide bonds. The second kappa shape index (κ2) is 4.40. The van der Waals surface area contributed by atoms with Crippen LogP contribution < -0.4 is 10.2 Å². The van der Waals surface area contributed by atoms with E-state index in [4.69, 9.17) is 9.39 Å². The molecule has 2 heterocycles. The standard InChI is InChI=1S/C12H11BN2O3/c1-8-5-14-7-15-12(8)18-10-3-2-9-6-17-13(16)11(9)4-10/h2-5,7,16H,6H2,1H3. The third kappa shape index (κ3) is 1.96. The number of hydrogen-bond donors (Lipinski definition) is 1. The quantitative estimate of drug-likeness (QED) is 0.789. The summed E-state index contributed by atoms with van der Waals surface area (Å²) in [4.78, 5) is 7.96. The summed E-state index contributed by atoms with van der Waals surface area (Å²) < 4.78 is 10.8. The third-order valence-electron chi connectivity index (χ3n) is 2.84. The number of benzene rings is 1. The van der Waals surface area contributed by atoms with Gasteiger partial charge in [-0.1, -0.05) is 6.07 Å². The third-order valence-corrected chi connectivity index (χ3v) is 2.84. The second-order valence-electron chi connectivity index (χ2n) is 4.14. The average molecular weight is 242 g/mol. The van der Waals surface area contributed by atoms with Crippen LogP contribution in [0, 0.1) is 6.92 Å². The largest absolute Gasteiger partial charge is 0.491 e. The topological polar surface area (TPSA) is 64.5 Å². The molecule has 1 aliphatic rings. The summed E-state index contributed by atoms with van der Waals surface area (Å²) in [6.07, 6.45) is 3.13. The highest BCUT2D eigenvalue weighted by Gasteiger charge is 2.27. The molecule has 6 heteroatoms. The van der Waals surface area contributed by atoms with Crippen molar-refractivity contribution in [1.29, 1.82) is 0 Å². The van der Waals surface area contributed by atoms with E-state index in [9.17, 15) is 5.02 Å². The van der Waals surface area contributed by atoms with E-state index in [-0.39, 0.29) is 0 Å². The molecule has 1 aliphatic heterocycles. The summed E-state index contributed by atoms with van der Waals surface area (Å²) in [7, 11) is -0.866. The number of aromatic nitrogens is 2. The molecular weight excluding hydrogens is 231 g/mol. The summed E-state index contributed by atoms with van der Waals surface area (Å²) >= 11 is 0. The predicted octanol–water partition coefficient (Wildman–Crippen LogP) is 0.795. The van der Waals surface area contributed by atoms with Crippen LogP contribution in [0.4, 0.5) is 0 Å². The maximum absolute atomic E-state index is 9.62. The molecule has 0 atom stereocenters. The van der Waals surface area contributed by atoms with Gasteiger partial charge in [-0.25, -0.2) is 9.97 Å². The van der Waals surface area contributed by atoms with Gasteiger partial charge in [0, 0.05) is 11.8 Å². The van der Waals surface area contributed by atoms with Crippen molar-refractivity contribution < 1.29 is 14.4 Å². The molecule has 1 aromatic heterocycles. The highest BCUT2D eigenvalue weighted by atomic mass is 16.5. The Kier molecular flexibility index (Phi) is 2.73. The van der Waals surface area contributed by atoms with Crippen LogP contribution in [-0.4, -0.2) is 22.1 Å². The molecule has 3 rings (SSSR count). The van der Waals surface area contributed by atoms with Crippen LogP contribution in [0.5, 0.6) is 11.6 Å². The zero-order valence-corrected chi connectivity index (χ0v) is 9.83. The van der Waals surface area contributed by atoms with Crippen LogP contribution in [0.15, 0.2) is 30.7 Å². The summed E-state index contributed by atoms with van der Waals surface area (Å²) in [5.41, 5.74) is 2.59. The molecule has 2 aromatic rings. The summed E-state index contributed by atoms with van der Waals surface area (Å²) in [6, 6.07) is 5.49. The van der Waals surface area contributed by atoms with E-state index in [1.807, 2.05) is 19.1 Å². The molecule has 0 spiro atoms. The lowest BCUT2D eigenvalue weighted by Gasteiger charge is -2.08. The lowest BCUT2D eigenvalue weighted by atomic mass is 9.79. The maximum atomic E-state index is 9.62. The van der Waals surface area contributed by atoms with Crippen molar-refractivity contribution in [1.82, 2.24) is 9.97 Å². The molecule has 5 nitrogen and oxygen atoms in total. The van der Waals surface area contributed by atoms with E-state index >= 15 is 0 Å². The van der Waals surface area contributed by atoms with Crippen molar-refractivity contribution in [2.45, 2.75) is 13.5 Å². The van der Waals surface area contributed by atoms with Crippen molar-refractivity contribution in [2.24, 2.45) is 0 Å². The molecule has 0 fully saturated rings. The second-order valence-corrected chi connectivity index (χ2v) is 4.14. The van der Waals surface area contributed by atoms with Crippen LogP contribution in [0.3, 0.4) is 0 Å². The Hall–Kier alpha value is -1.92. The van der Waals surface area contributed by atoms with Gasteiger partial charge in [0.05, 0.1) is 6.61 Å². The SMILES string of the molecule is Cc1cncnc1Oc1ccc2c(c1)B(O)OC2. The van der Waals surface area contributed by atoms with E-state index < -0.39 is 7.12 Å². The van der Waals surface area contributed by atoms with Gasteiger partial charge >= 0.3 is 7.12 Å². The average Bonchev–Trinajstić information content (AvgIpc) is 2.74. The molecule has 18 heavy (non-hydrogen) atoms. The molecular formula is C12H11BN2O3. The van der Waals surface area contributed by atoms with E-state index in [0.29, 0.717) is 18.2 Å². The van der Waals surface area contributed by atoms with E-state index in [1.54, 1.807) is 12.3 Å². The Labute approximate surface area is 105 Å². The van der Waals surface area contributed by atoms with E-state index in [2.05, 4.69) is 9.97 Å². The predicted molar refractivity (Wildman–Crippen MR) is 65.7 cm³/mol. The fourth-order valence-corrected chi connectivity index (χ4v) is 1.86. The highest BCUT2D eigenvalue weighted by molar-refractivity contribution is 6.61. The number of rotatable bonds is 2. The van der Waals surface area contributed by atoms with Crippen LogP contribution in [0.25, 0.3) is 0 Å². The van der Waals surface area contributed by atoms with Gasteiger partial charge in [0.25, 0.3) is 0 Å². The number of hydrogen-bond acceptors (Lipinski definition) is 5. The van der Waals surface area contributed by atoms with Crippen LogP contribution in [0.2, 0.25) is 0 Å². The monoisotopic (exact) mass is 242 g/mol. The van der Waals surface area contributed by atoms with Crippen molar-refractivity contribution in [3.63, 3.8) is 0 Å². The molecule has 0 saturated heterocycles. The molecule has 90 valence electrons. The first-order valence-corrected chi connectivity index (χ1v) is 5.61. The van der Waals surface area contributed by atoms with Crippen molar-refractivity contribution in [2.75, 3.05) is 0 Å². The van der Waals surface area contributed by atoms with Crippen molar-refractivity contribution in [3.8, 4) is 11.6 Å². The van der Waals surface area contributed by atoms with Gasteiger partial charge < -0.3 is 14.4 Å². The Balaban J connectivity index is 1.90. The first-order valence-electron chi connectivity index (χ1n) is 5.61. The summed E-state index contributed by atoms with van der Waals surface area (Å²) in [6.45, 7) is 2.31. The number of ether oxygens (including phenoxy) is 1. The van der Waals surface area contributed by atoms with Gasteiger partial charge in [-0.15, -0.1) is 0 Å². The van der Waals surface area contributed by atoms with Crippen molar-refractivity contribution in [3.05, 3.63) is 41.9 Å². The maximum Gasteiger partial charge on any atom is 0.491 e. The van der Waals surface area contributed by atoms with Gasteiger partial charge in [0.2, 0.25) is 5.88 Å². The van der Waals surface area contributed by atoms with Gasteiger partial charge in [-0.2, -0.15) is 0 Å². The zero-order chi connectivity index (χ0) is 12.5. The van der Waals surface area contributed by atoms with Gasteiger partial charge in [0.15, 0.2) is 0 Å². The van der Waals surface area contributed by atoms with Gasteiger partial charge in [-0.3, -0.25) is 0 Å². The minimum Gasteiger partial charge on any atom is -0.439 e. The minimum atomic E-state index is -0.866. The number of nitrogens with zero attached hydrogens (tertiary/aromatic N) is 2. The van der Waals surface area contributed by atoms with Gasteiger partial charge in [-0.05, 0) is 30.1 Å². The molecule has 0 aliphatic carbocycles. The smallest absolute Gasteiger partial charge is 0.439 e.